The molecule has 1 saturated heterocycles. The van der Waals surface area contributed by atoms with Crippen LogP contribution in [-0.4, -0.2) is 23.3 Å². The lowest BCUT2D eigenvalue weighted by molar-refractivity contribution is -0.455. The Kier molecular flexibility index (Phi) is 6.09. The molecule has 2 aliphatic rings. The van der Waals surface area contributed by atoms with Crippen molar-refractivity contribution in [1.82, 2.24) is 0 Å². The first kappa shape index (κ1) is 17.7. The quantitative estimate of drug-likeness (QED) is 0.587. The Labute approximate surface area is 145 Å². The van der Waals surface area contributed by atoms with Crippen molar-refractivity contribution < 1.29 is 14.6 Å². The zero-order chi connectivity index (χ0) is 16.8. The Bertz CT molecular complexity index is 514. The molecule has 0 radical (unpaired) electrons. The lowest BCUT2D eigenvalue weighted by Gasteiger charge is -2.50. The van der Waals surface area contributed by atoms with E-state index in [0.29, 0.717) is 5.92 Å². The van der Waals surface area contributed by atoms with Gasteiger partial charge in [-0.15, -0.1) is 0 Å². The molecule has 24 heavy (non-hydrogen) atoms. The van der Waals surface area contributed by atoms with E-state index in [9.17, 15) is 5.11 Å². The summed E-state index contributed by atoms with van der Waals surface area (Å²) in [4.78, 5) is 0. The van der Waals surface area contributed by atoms with Gasteiger partial charge in [0.2, 0.25) is 0 Å². The maximum Gasteiger partial charge on any atom is 0.175 e. The van der Waals surface area contributed by atoms with Gasteiger partial charge >= 0.3 is 0 Å². The van der Waals surface area contributed by atoms with Crippen LogP contribution >= 0.6 is 0 Å². The number of allylic oxidation sites excluding steroid dienone is 1. The monoisotopic (exact) mass is 330 g/mol. The van der Waals surface area contributed by atoms with E-state index in [1.54, 1.807) is 0 Å². The normalized spacial score (nSPS) is 31.2. The number of aliphatic hydroxyl groups excluding tert-OH is 1. The van der Waals surface area contributed by atoms with Crippen LogP contribution in [0.15, 0.2) is 42.5 Å². The minimum absolute atomic E-state index is 0.0528. The molecular weight excluding hydrogens is 300 g/mol. The van der Waals surface area contributed by atoms with Gasteiger partial charge in [0.25, 0.3) is 0 Å². The molecule has 1 aliphatic carbocycles. The van der Waals surface area contributed by atoms with Crippen molar-refractivity contribution >= 4 is 0 Å². The van der Waals surface area contributed by atoms with E-state index < -0.39 is 0 Å². The standard InChI is InChI=1S/C21H30O3/c1-17-23-21(24-17)15-7-11-19(16-21)13-14-20(22)12-6-5-10-18-8-3-2-4-9-18/h2-4,8-9,13-14,17,19-20,22H,5-7,10-12,15-16H2,1H3/b14-13+. The van der Waals surface area contributed by atoms with E-state index in [-0.39, 0.29) is 18.2 Å². The number of rotatable bonds is 7. The molecule has 1 aromatic rings. The first-order valence-electron chi connectivity index (χ1n) is 9.41. The van der Waals surface area contributed by atoms with E-state index in [4.69, 9.17) is 9.47 Å². The van der Waals surface area contributed by atoms with Crippen molar-refractivity contribution in [2.45, 2.75) is 76.5 Å². The first-order chi connectivity index (χ1) is 11.7. The lowest BCUT2D eigenvalue weighted by Crippen LogP contribution is -2.54. The predicted molar refractivity (Wildman–Crippen MR) is 95.5 cm³/mol. The van der Waals surface area contributed by atoms with Crippen molar-refractivity contribution in [3.8, 4) is 0 Å². The molecule has 2 fully saturated rings. The maximum atomic E-state index is 10.2. The topological polar surface area (TPSA) is 38.7 Å². The Morgan fingerprint density at radius 1 is 1.25 bits per heavy atom. The highest BCUT2D eigenvalue weighted by Gasteiger charge is 2.47. The molecule has 3 rings (SSSR count). The van der Waals surface area contributed by atoms with E-state index in [1.165, 1.54) is 12.0 Å². The highest BCUT2D eigenvalue weighted by atomic mass is 16.9. The number of benzene rings is 1. The average molecular weight is 330 g/mol. The molecule has 1 spiro atoms. The lowest BCUT2D eigenvalue weighted by atomic mass is 9.83. The molecule has 1 aromatic carbocycles. The molecule has 1 heterocycles. The molecule has 2 unspecified atom stereocenters. The van der Waals surface area contributed by atoms with Gasteiger partial charge in [0.05, 0.1) is 6.10 Å². The SMILES string of the molecule is CC1OC2(CCCC(/C=C/C(O)CCCCc3ccccc3)C2)O1. The number of aryl methyl sites for hydroxylation is 1. The summed E-state index contributed by atoms with van der Waals surface area (Å²) in [7, 11) is 0. The van der Waals surface area contributed by atoms with E-state index in [1.807, 2.05) is 19.1 Å². The second kappa shape index (κ2) is 8.28. The number of hydrogen-bond donors (Lipinski definition) is 1. The van der Waals surface area contributed by atoms with Gasteiger partial charge in [-0.1, -0.05) is 48.9 Å². The Morgan fingerprint density at radius 2 is 2.04 bits per heavy atom. The second-order valence-electron chi connectivity index (χ2n) is 7.25. The summed E-state index contributed by atoms with van der Waals surface area (Å²) >= 11 is 0. The molecule has 0 bridgehead atoms. The minimum atomic E-state index is -0.333. The summed E-state index contributed by atoms with van der Waals surface area (Å²) in [5, 5.41) is 10.2. The number of aliphatic hydroxyl groups is 1. The predicted octanol–water partition coefficient (Wildman–Crippen LogP) is 4.60. The molecule has 1 saturated carbocycles. The summed E-state index contributed by atoms with van der Waals surface area (Å²) in [6.45, 7) is 1.95. The van der Waals surface area contributed by atoms with Gasteiger partial charge in [0.15, 0.2) is 12.1 Å². The van der Waals surface area contributed by atoms with Crippen LogP contribution in [0.1, 0.15) is 57.4 Å². The van der Waals surface area contributed by atoms with Crippen LogP contribution in [-0.2, 0) is 15.9 Å². The summed E-state index contributed by atoms with van der Waals surface area (Å²) in [6.07, 6.45) is 12.1. The Hall–Kier alpha value is -1.16. The molecular formula is C21H30O3. The van der Waals surface area contributed by atoms with Crippen molar-refractivity contribution in [3.05, 3.63) is 48.0 Å². The van der Waals surface area contributed by atoms with Gasteiger partial charge in [-0.25, -0.2) is 0 Å². The van der Waals surface area contributed by atoms with Crippen LogP contribution in [0.4, 0.5) is 0 Å². The summed E-state index contributed by atoms with van der Waals surface area (Å²) in [6, 6.07) is 10.6. The fourth-order valence-corrected chi connectivity index (χ4v) is 3.94. The van der Waals surface area contributed by atoms with Crippen LogP contribution in [0.5, 0.6) is 0 Å². The largest absolute Gasteiger partial charge is 0.389 e. The van der Waals surface area contributed by atoms with Crippen LogP contribution in [0.3, 0.4) is 0 Å². The van der Waals surface area contributed by atoms with Crippen molar-refractivity contribution in [3.63, 3.8) is 0 Å². The van der Waals surface area contributed by atoms with Crippen LogP contribution < -0.4 is 0 Å². The Balaban J connectivity index is 1.34. The van der Waals surface area contributed by atoms with E-state index in [0.717, 1.165) is 44.9 Å². The van der Waals surface area contributed by atoms with Gasteiger partial charge < -0.3 is 14.6 Å². The van der Waals surface area contributed by atoms with Gasteiger partial charge in [-0.05, 0) is 50.5 Å². The zero-order valence-electron chi connectivity index (χ0n) is 14.7. The van der Waals surface area contributed by atoms with Crippen LogP contribution in [0.2, 0.25) is 0 Å². The molecule has 3 heteroatoms. The third kappa shape index (κ3) is 4.92. The van der Waals surface area contributed by atoms with Crippen molar-refractivity contribution in [2.75, 3.05) is 0 Å². The molecule has 0 aromatic heterocycles. The summed E-state index contributed by atoms with van der Waals surface area (Å²) in [5.74, 6) is 0.137. The van der Waals surface area contributed by atoms with Crippen LogP contribution in [0, 0.1) is 5.92 Å². The first-order valence-corrected chi connectivity index (χ1v) is 9.41. The number of hydrogen-bond acceptors (Lipinski definition) is 3. The molecule has 0 amide bonds. The smallest absolute Gasteiger partial charge is 0.175 e. The van der Waals surface area contributed by atoms with Gasteiger partial charge in [-0.3, -0.25) is 0 Å². The fourth-order valence-electron chi connectivity index (χ4n) is 3.94. The molecule has 3 nitrogen and oxygen atoms in total. The minimum Gasteiger partial charge on any atom is -0.389 e. The zero-order valence-corrected chi connectivity index (χ0v) is 14.7. The second-order valence-corrected chi connectivity index (χ2v) is 7.25. The highest BCUT2D eigenvalue weighted by molar-refractivity contribution is 5.14. The molecule has 132 valence electrons. The molecule has 1 aliphatic heterocycles. The number of unbranched alkanes of at least 4 members (excludes halogenated alkanes) is 1. The van der Waals surface area contributed by atoms with E-state index >= 15 is 0 Å². The summed E-state index contributed by atoms with van der Waals surface area (Å²) < 4.78 is 11.6. The highest BCUT2D eigenvalue weighted by Crippen LogP contribution is 2.44. The van der Waals surface area contributed by atoms with Crippen LogP contribution in [0.25, 0.3) is 0 Å². The average Bonchev–Trinajstić information content (AvgIpc) is 2.57. The number of ether oxygens (including phenoxy) is 2. The van der Waals surface area contributed by atoms with Gasteiger partial charge in [-0.2, -0.15) is 0 Å². The maximum absolute atomic E-state index is 10.2. The van der Waals surface area contributed by atoms with E-state index in [2.05, 4.69) is 30.3 Å². The summed E-state index contributed by atoms with van der Waals surface area (Å²) in [5.41, 5.74) is 1.38. The third-order valence-corrected chi connectivity index (χ3v) is 5.13. The molecule has 2 atom stereocenters. The Morgan fingerprint density at radius 3 is 2.79 bits per heavy atom. The van der Waals surface area contributed by atoms with Gasteiger partial charge in [0.1, 0.15) is 0 Å². The van der Waals surface area contributed by atoms with Crippen molar-refractivity contribution in [2.24, 2.45) is 5.92 Å². The molecule has 1 N–H and O–H groups in total. The van der Waals surface area contributed by atoms with Crippen molar-refractivity contribution in [1.29, 1.82) is 0 Å². The van der Waals surface area contributed by atoms with Gasteiger partial charge in [0, 0.05) is 12.8 Å². The third-order valence-electron chi connectivity index (χ3n) is 5.13. The fraction of sp³-hybridized carbons (Fsp3) is 0.619.